The van der Waals surface area contributed by atoms with Gasteiger partial charge in [0.15, 0.2) is 5.84 Å². The molecular weight excluding hydrogens is 624 g/mol. The van der Waals surface area contributed by atoms with Crippen LogP contribution in [0.15, 0.2) is 66.3 Å². The van der Waals surface area contributed by atoms with Gasteiger partial charge in [0.25, 0.3) is 11.8 Å². The number of nitrogens with one attached hydrogen (secondary N) is 2. The molecule has 14 nitrogen and oxygen atoms in total. The smallest absolute Gasteiger partial charge is 0.251 e. The Morgan fingerprint density at radius 2 is 1.32 bits per heavy atom. The number of halogens is 1. The molecule has 2 atom stereocenters. The monoisotopic (exact) mass is 658 g/mol. The van der Waals surface area contributed by atoms with Crippen LogP contribution in [-0.2, 0) is 12.8 Å². The van der Waals surface area contributed by atoms with Crippen molar-refractivity contribution in [3.8, 4) is 0 Å². The SMILES string of the molecule is Cc1cc(C(=O)NC2CCc3cc(C(N)=NO)cnc32)ccn1.Cl.NO.[C-]#[N+]c1cnc2c(c1)CCC2NC(=O)c1ccnc(C)c1. The van der Waals surface area contributed by atoms with Crippen LogP contribution in [0.2, 0.25) is 0 Å². The van der Waals surface area contributed by atoms with E-state index in [-0.39, 0.29) is 42.1 Å². The van der Waals surface area contributed by atoms with Crippen molar-refractivity contribution in [1.82, 2.24) is 30.6 Å². The van der Waals surface area contributed by atoms with Crippen LogP contribution in [-0.4, -0.2) is 48.0 Å². The molecule has 0 radical (unpaired) electrons. The number of amides is 2. The van der Waals surface area contributed by atoms with Gasteiger partial charge in [-0.3, -0.25) is 29.5 Å². The van der Waals surface area contributed by atoms with Crippen LogP contribution >= 0.6 is 12.4 Å². The van der Waals surface area contributed by atoms with Crippen LogP contribution in [0.25, 0.3) is 4.85 Å². The molecule has 0 spiro atoms. The maximum Gasteiger partial charge on any atom is 0.251 e. The molecule has 0 bridgehead atoms. The molecule has 0 saturated carbocycles. The summed E-state index contributed by atoms with van der Waals surface area (Å²) < 4.78 is 0. The minimum absolute atomic E-state index is 0. The molecule has 0 fully saturated rings. The van der Waals surface area contributed by atoms with E-state index >= 15 is 0 Å². The minimum Gasteiger partial charge on any atom is -0.409 e. The van der Waals surface area contributed by atoms with E-state index in [4.69, 9.17) is 22.7 Å². The zero-order chi connectivity index (χ0) is 33.2. The molecule has 8 N–H and O–H groups in total. The van der Waals surface area contributed by atoms with Crippen LogP contribution in [0.1, 0.15) is 85.1 Å². The van der Waals surface area contributed by atoms with Crippen LogP contribution < -0.4 is 22.3 Å². The van der Waals surface area contributed by atoms with E-state index in [2.05, 4.69) is 46.5 Å². The predicted molar refractivity (Wildman–Crippen MR) is 175 cm³/mol. The zero-order valence-corrected chi connectivity index (χ0v) is 26.5. The number of nitrogens with zero attached hydrogens (tertiary/aromatic N) is 6. The molecule has 2 amide bonds. The number of oxime groups is 1. The average Bonchev–Trinajstić information content (AvgIpc) is 3.68. The first-order valence-electron chi connectivity index (χ1n) is 14.3. The molecule has 0 saturated heterocycles. The summed E-state index contributed by atoms with van der Waals surface area (Å²) >= 11 is 0. The molecular formula is C32H35ClN10O4. The highest BCUT2D eigenvalue weighted by Gasteiger charge is 2.27. The Balaban J connectivity index is 0.000000239. The third kappa shape index (κ3) is 8.82. The van der Waals surface area contributed by atoms with Gasteiger partial charge in [0, 0.05) is 52.9 Å². The van der Waals surface area contributed by atoms with Gasteiger partial charge in [-0.05, 0) is 87.1 Å². The van der Waals surface area contributed by atoms with Crippen LogP contribution in [0.4, 0.5) is 5.69 Å². The number of rotatable bonds is 5. The largest absolute Gasteiger partial charge is 0.409 e. The first kappa shape index (κ1) is 36.0. The lowest BCUT2D eigenvalue weighted by Crippen LogP contribution is -2.27. The fourth-order valence-electron chi connectivity index (χ4n) is 5.33. The second-order valence-electron chi connectivity index (χ2n) is 10.6. The van der Waals surface area contributed by atoms with Gasteiger partial charge >= 0.3 is 0 Å². The minimum atomic E-state index is -0.143. The lowest BCUT2D eigenvalue weighted by Gasteiger charge is -2.13. The van der Waals surface area contributed by atoms with Gasteiger partial charge in [0.2, 0.25) is 5.69 Å². The summed E-state index contributed by atoms with van der Waals surface area (Å²) in [5, 5.41) is 24.2. The standard InChI is InChI=1S/C16H17N5O2.C16H14N4O.ClH.H3NO/c1-9-6-11(4-5-18-9)16(22)20-13-3-2-10-7-12(15(17)21-23)8-19-14(10)13;1-10-7-12(5-6-18-10)16(21)20-14-4-3-11-8-13(17-2)9-19-15(11)14;;1-2/h4-8,13,23H,2-3H2,1H3,(H2,17,21)(H,20,22);5-9,14H,3-4H2,1H3,(H,20,21);1H;2H,1H2. The number of aromatic nitrogens is 4. The molecule has 2 aliphatic carbocycles. The molecule has 2 aliphatic rings. The second-order valence-corrected chi connectivity index (χ2v) is 10.6. The summed E-state index contributed by atoms with van der Waals surface area (Å²) in [6.45, 7) is 10.7. The quantitative estimate of drug-likeness (QED) is 0.0598. The Labute approximate surface area is 277 Å². The topological polar surface area (TPSA) is 219 Å². The number of nitrogens with two attached hydrogens (primary N) is 2. The van der Waals surface area contributed by atoms with Crippen LogP contribution in [0, 0.1) is 20.4 Å². The Bertz CT molecular complexity index is 1810. The first-order chi connectivity index (χ1) is 22.2. The molecule has 4 aromatic rings. The van der Waals surface area contributed by atoms with E-state index in [0.717, 1.165) is 59.6 Å². The number of carbonyl (C=O) groups excluding carboxylic acids is 2. The third-order valence-corrected chi connectivity index (χ3v) is 7.51. The summed E-state index contributed by atoms with van der Waals surface area (Å²) in [6, 6.07) is 10.4. The van der Waals surface area contributed by atoms with Crippen molar-refractivity contribution in [2.75, 3.05) is 0 Å². The number of carbonyl (C=O) groups is 2. The Kier molecular flexibility index (Phi) is 12.8. The highest BCUT2D eigenvalue weighted by atomic mass is 35.5. The predicted octanol–water partition coefficient (Wildman–Crippen LogP) is 3.81. The summed E-state index contributed by atoms with van der Waals surface area (Å²) in [5.74, 6) is 3.27. The summed E-state index contributed by atoms with van der Waals surface area (Å²) in [5.41, 5.74) is 13.3. The van der Waals surface area contributed by atoms with Crippen molar-refractivity contribution in [2.24, 2.45) is 16.8 Å². The third-order valence-electron chi connectivity index (χ3n) is 7.51. The van der Waals surface area contributed by atoms with E-state index in [1.807, 2.05) is 26.0 Å². The fourth-order valence-corrected chi connectivity index (χ4v) is 5.33. The van der Waals surface area contributed by atoms with Gasteiger partial charge in [0.05, 0.1) is 30.0 Å². The number of fused-ring (bicyclic) bond motifs is 2. The lowest BCUT2D eigenvalue weighted by molar-refractivity contribution is 0.0927. The van der Waals surface area contributed by atoms with Gasteiger partial charge in [-0.2, -0.15) is 0 Å². The van der Waals surface area contributed by atoms with Gasteiger partial charge in [0.1, 0.15) is 0 Å². The second kappa shape index (κ2) is 16.7. The Hall–Kier alpha value is -5.49. The molecule has 6 rings (SSSR count). The van der Waals surface area contributed by atoms with E-state index in [0.29, 0.717) is 22.4 Å². The summed E-state index contributed by atoms with van der Waals surface area (Å²) in [6.07, 6.45) is 9.59. The van der Waals surface area contributed by atoms with Crippen molar-refractivity contribution in [3.63, 3.8) is 0 Å². The first-order valence-corrected chi connectivity index (χ1v) is 14.3. The highest BCUT2D eigenvalue weighted by Crippen LogP contribution is 2.32. The number of aryl methyl sites for hydroxylation is 4. The lowest BCUT2D eigenvalue weighted by atomic mass is 10.1. The van der Waals surface area contributed by atoms with Crippen LogP contribution in [0.3, 0.4) is 0 Å². The van der Waals surface area contributed by atoms with Gasteiger partial charge < -0.3 is 26.8 Å². The van der Waals surface area contributed by atoms with E-state index in [9.17, 15) is 9.59 Å². The maximum atomic E-state index is 12.3. The Morgan fingerprint density at radius 3 is 1.79 bits per heavy atom. The number of amidine groups is 1. The Morgan fingerprint density at radius 1 is 0.830 bits per heavy atom. The number of hydrogen-bond acceptors (Lipinski definition) is 10. The summed E-state index contributed by atoms with van der Waals surface area (Å²) in [4.78, 5) is 44.9. The summed E-state index contributed by atoms with van der Waals surface area (Å²) in [7, 11) is 0. The van der Waals surface area contributed by atoms with E-state index in [1.165, 1.54) is 0 Å². The zero-order valence-electron chi connectivity index (χ0n) is 25.7. The molecule has 4 aromatic heterocycles. The van der Waals surface area contributed by atoms with Crippen molar-refractivity contribution in [1.29, 1.82) is 0 Å². The van der Waals surface area contributed by atoms with Crippen molar-refractivity contribution in [2.45, 2.75) is 51.6 Å². The highest BCUT2D eigenvalue weighted by molar-refractivity contribution is 5.97. The molecule has 244 valence electrons. The maximum absolute atomic E-state index is 12.3. The van der Waals surface area contributed by atoms with Crippen LogP contribution in [0.5, 0.6) is 0 Å². The molecule has 0 aliphatic heterocycles. The normalized spacial score (nSPS) is 15.6. The molecule has 0 aromatic carbocycles. The molecule has 2 unspecified atom stereocenters. The van der Waals surface area contributed by atoms with Gasteiger partial charge in [-0.1, -0.05) is 5.16 Å². The van der Waals surface area contributed by atoms with Crippen molar-refractivity contribution < 1.29 is 20.0 Å². The number of hydrogen-bond donors (Lipinski definition) is 6. The fraction of sp³-hybridized carbons (Fsp3) is 0.250. The number of pyridine rings is 4. The molecule has 4 heterocycles. The van der Waals surface area contributed by atoms with Gasteiger partial charge in [-0.25, -0.2) is 10.7 Å². The van der Waals surface area contributed by atoms with Crippen molar-refractivity contribution in [3.05, 3.63) is 123 Å². The van der Waals surface area contributed by atoms with E-state index < -0.39 is 0 Å². The molecule has 47 heavy (non-hydrogen) atoms. The van der Waals surface area contributed by atoms with E-state index in [1.54, 1.807) is 49.1 Å². The molecule has 15 heteroatoms. The van der Waals surface area contributed by atoms with Crippen molar-refractivity contribution >= 4 is 35.7 Å². The van der Waals surface area contributed by atoms with Gasteiger partial charge in [-0.15, -0.1) is 12.4 Å². The average molecular weight is 659 g/mol.